The monoisotopic (exact) mass is 347 g/mol. The summed E-state index contributed by atoms with van der Waals surface area (Å²) in [4.78, 5) is 28.5. The van der Waals surface area contributed by atoms with Gasteiger partial charge in [-0.25, -0.2) is 9.78 Å². The number of carboxylic acid groups (broad SMARTS) is 1. The topological polar surface area (TPSA) is 91.3 Å². The Morgan fingerprint density at radius 2 is 1.69 bits per heavy atom. The van der Waals surface area contributed by atoms with Crippen molar-refractivity contribution in [3.8, 4) is 11.3 Å². The zero-order valence-corrected chi connectivity index (χ0v) is 14.1. The maximum absolute atomic E-state index is 12.0. The third-order valence-corrected chi connectivity index (χ3v) is 3.84. The number of aromatic carboxylic acids is 1. The first-order valence-corrected chi connectivity index (χ1v) is 7.92. The molecular weight excluding hydrogens is 330 g/mol. The molecule has 3 aromatic rings. The molecule has 6 heteroatoms. The maximum atomic E-state index is 12.0. The molecule has 0 saturated heterocycles. The van der Waals surface area contributed by atoms with E-state index in [0.717, 1.165) is 5.56 Å². The molecule has 1 aromatic heterocycles. The summed E-state index contributed by atoms with van der Waals surface area (Å²) in [6, 6.07) is 16.2. The van der Waals surface area contributed by atoms with Gasteiger partial charge in [-0.1, -0.05) is 55.1 Å². The van der Waals surface area contributed by atoms with Crippen molar-refractivity contribution in [3.05, 3.63) is 72.3 Å². The van der Waals surface area contributed by atoms with Gasteiger partial charge in [0.05, 0.1) is 22.5 Å². The summed E-state index contributed by atoms with van der Waals surface area (Å²) < 4.78 is 0. The second-order valence-electron chi connectivity index (χ2n) is 5.76. The lowest BCUT2D eigenvalue weighted by atomic mass is 10.0. The smallest absolute Gasteiger partial charge is 0.338 e. The van der Waals surface area contributed by atoms with Gasteiger partial charge in [0.1, 0.15) is 0 Å². The average Bonchev–Trinajstić information content (AvgIpc) is 2.65. The van der Waals surface area contributed by atoms with E-state index in [1.165, 1.54) is 0 Å². The van der Waals surface area contributed by atoms with Crippen molar-refractivity contribution in [2.75, 3.05) is 5.43 Å². The number of aromatic nitrogens is 1. The van der Waals surface area contributed by atoms with Gasteiger partial charge < -0.3 is 5.11 Å². The van der Waals surface area contributed by atoms with Crippen molar-refractivity contribution in [2.24, 2.45) is 0 Å². The lowest BCUT2D eigenvalue weighted by molar-refractivity contribution is -0.116. The van der Waals surface area contributed by atoms with Gasteiger partial charge in [-0.05, 0) is 13.0 Å². The van der Waals surface area contributed by atoms with Crippen molar-refractivity contribution < 1.29 is 14.7 Å². The minimum Gasteiger partial charge on any atom is -0.478 e. The van der Waals surface area contributed by atoms with Gasteiger partial charge in [0.15, 0.2) is 0 Å². The van der Waals surface area contributed by atoms with Crippen molar-refractivity contribution in [1.82, 2.24) is 10.4 Å². The number of fused-ring (bicyclic) bond motifs is 1. The molecule has 3 rings (SSSR count). The fourth-order valence-electron chi connectivity index (χ4n) is 2.59. The molecule has 6 nitrogen and oxygen atoms in total. The number of nitrogens with zero attached hydrogens (tertiary/aromatic N) is 1. The van der Waals surface area contributed by atoms with Gasteiger partial charge in [-0.2, -0.15) is 0 Å². The Labute approximate surface area is 150 Å². The number of amides is 1. The van der Waals surface area contributed by atoms with Crippen LogP contribution in [0.2, 0.25) is 0 Å². The summed E-state index contributed by atoms with van der Waals surface area (Å²) in [5.41, 5.74) is 7.48. The highest BCUT2D eigenvalue weighted by molar-refractivity contribution is 6.10. The number of anilines is 1. The number of nitrogens with one attached hydrogen (secondary N) is 2. The molecule has 0 aliphatic heterocycles. The quantitative estimate of drug-likeness (QED) is 0.484. The molecule has 0 atom stereocenters. The number of rotatable bonds is 5. The normalized spacial score (nSPS) is 10.3. The molecule has 0 bridgehead atoms. The molecule has 0 radical (unpaired) electrons. The molecule has 0 saturated carbocycles. The predicted molar refractivity (Wildman–Crippen MR) is 101 cm³/mol. The Bertz CT molecular complexity index is 1010. The molecule has 0 aliphatic rings. The van der Waals surface area contributed by atoms with Crippen LogP contribution in [0.1, 0.15) is 17.3 Å². The van der Waals surface area contributed by atoms with E-state index in [-0.39, 0.29) is 11.3 Å². The average molecular weight is 347 g/mol. The maximum Gasteiger partial charge on any atom is 0.338 e. The summed E-state index contributed by atoms with van der Waals surface area (Å²) in [7, 11) is 0. The highest BCUT2D eigenvalue weighted by Crippen LogP contribution is 2.34. The van der Waals surface area contributed by atoms with Crippen molar-refractivity contribution in [3.63, 3.8) is 0 Å². The first kappa shape index (κ1) is 17.2. The SMILES string of the molecule is C=C(C)C(=O)NNc1c(-c2ccccc2)nc2ccccc2c1C(=O)O. The van der Waals surface area contributed by atoms with Crippen LogP contribution in [0.15, 0.2) is 66.7 Å². The Morgan fingerprint density at radius 3 is 2.35 bits per heavy atom. The lowest BCUT2D eigenvalue weighted by Crippen LogP contribution is -2.31. The molecule has 0 aliphatic carbocycles. The van der Waals surface area contributed by atoms with E-state index >= 15 is 0 Å². The van der Waals surface area contributed by atoms with E-state index in [1.807, 2.05) is 30.3 Å². The molecule has 0 fully saturated rings. The van der Waals surface area contributed by atoms with Crippen molar-refractivity contribution >= 4 is 28.5 Å². The minimum absolute atomic E-state index is 0.0384. The van der Waals surface area contributed by atoms with Crippen LogP contribution >= 0.6 is 0 Å². The lowest BCUT2D eigenvalue weighted by Gasteiger charge is -2.17. The summed E-state index contributed by atoms with van der Waals surface area (Å²) in [5.74, 6) is -1.55. The molecule has 0 unspecified atom stereocenters. The summed E-state index contributed by atoms with van der Waals surface area (Å²) >= 11 is 0. The van der Waals surface area contributed by atoms with Gasteiger partial charge in [0.2, 0.25) is 0 Å². The number of carbonyl (C=O) groups is 2. The predicted octanol–water partition coefficient (Wildman–Crippen LogP) is 3.62. The van der Waals surface area contributed by atoms with Crippen LogP contribution in [0, 0.1) is 0 Å². The summed E-state index contributed by atoms with van der Waals surface area (Å²) in [6.45, 7) is 5.13. The van der Waals surface area contributed by atoms with E-state index < -0.39 is 11.9 Å². The number of hydrogen-bond acceptors (Lipinski definition) is 4. The first-order chi connectivity index (χ1) is 12.5. The van der Waals surface area contributed by atoms with E-state index in [9.17, 15) is 14.7 Å². The third kappa shape index (κ3) is 3.25. The second-order valence-corrected chi connectivity index (χ2v) is 5.76. The molecule has 0 spiro atoms. The summed E-state index contributed by atoms with van der Waals surface area (Å²) in [5, 5.41) is 10.3. The van der Waals surface area contributed by atoms with Crippen LogP contribution in [0.5, 0.6) is 0 Å². The van der Waals surface area contributed by atoms with E-state index in [1.54, 1.807) is 31.2 Å². The fourth-order valence-corrected chi connectivity index (χ4v) is 2.59. The Kier molecular flexibility index (Phi) is 4.66. The number of benzene rings is 2. The molecular formula is C20H17N3O3. The number of hydrogen-bond donors (Lipinski definition) is 3. The Morgan fingerprint density at radius 1 is 1.04 bits per heavy atom. The first-order valence-electron chi connectivity index (χ1n) is 7.92. The minimum atomic E-state index is -1.12. The van der Waals surface area contributed by atoms with E-state index in [0.29, 0.717) is 22.2 Å². The van der Waals surface area contributed by atoms with E-state index in [4.69, 9.17) is 0 Å². The Hall–Kier alpha value is -3.67. The van der Waals surface area contributed by atoms with Gasteiger partial charge in [-0.3, -0.25) is 15.6 Å². The molecule has 1 amide bonds. The molecule has 130 valence electrons. The van der Waals surface area contributed by atoms with Gasteiger partial charge in [0.25, 0.3) is 5.91 Å². The van der Waals surface area contributed by atoms with Gasteiger partial charge >= 0.3 is 5.97 Å². The van der Waals surface area contributed by atoms with Crippen LogP contribution in [-0.4, -0.2) is 22.0 Å². The number of para-hydroxylation sites is 1. The number of carbonyl (C=O) groups excluding carboxylic acids is 1. The number of pyridine rings is 1. The third-order valence-electron chi connectivity index (χ3n) is 3.84. The molecule has 1 heterocycles. The zero-order valence-electron chi connectivity index (χ0n) is 14.1. The van der Waals surface area contributed by atoms with Crippen LogP contribution < -0.4 is 10.9 Å². The molecule has 3 N–H and O–H groups in total. The highest BCUT2D eigenvalue weighted by atomic mass is 16.4. The fraction of sp³-hybridized carbons (Fsp3) is 0.0500. The second kappa shape index (κ2) is 7.06. The van der Waals surface area contributed by atoms with Crippen molar-refractivity contribution in [2.45, 2.75) is 6.92 Å². The Balaban J connectivity index is 2.26. The van der Waals surface area contributed by atoms with Crippen LogP contribution in [0.3, 0.4) is 0 Å². The largest absolute Gasteiger partial charge is 0.478 e. The van der Waals surface area contributed by atoms with Crippen molar-refractivity contribution in [1.29, 1.82) is 0 Å². The standard InChI is InChI=1S/C20H17N3O3/c1-12(2)19(24)23-22-18-16(20(25)26)14-10-6-7-11-15(14)21-17(18)13-8-4-3-5-9-13/h3-11,22H,1H2,2H3,(H,23,24)(H,25,26). The zero-order chi connectivity index (χ0) is 18.7. The van der Waals surface area contributed by atoms with Crippen LogP contribution in [-0.2, 0) is 4.79 Å². The number of hydrazine groups is 1. The van der Waals surface area contributed by atoms with E-state index in [2.05, 4.69) is 22.4 Å². The summed E-state index contributed by atoms with van der Waals surface area (Å²) in [6.07, 6.45) is 0. The van der Waals surface area contributed by atoms with Crippen LogP contribution in [0.25, 0.3) is 22.2 Å². The van der Waals surface area contributed by atoms with Gasteiger partial charge in [-0.15, -0.1) is 0 Å². The van der Waals surface area contributed by atoms with Crippen LogP contribution in [0.4, 0.5) is 5.69 Å². The molecule has 26 heavy (non-hydrogen) atoms. The molecule has 2 aromatic carbocycles. The number of carboxylic acids is 1. The van der Waals surface area contributed by atoms with Gasteiger partial charge in [0, 0.05) is 16.5 Å². The highest BCUT2D eigenvalue weighted by Gasteiger charge is 2.21.